The quantitative estimate of drug-likeness (QED) is 0.878. The van der Waals surface area contributed by atoms with Gasteiger partial charge in [0, 0.05) is 12.6 Å². The fourth-order valence-electron chi connectivity index (χ4n) is 4.49. The monoisotopic (exact) mass is 263 g/mol. The van der Waals surface area contributed by atoms with Crippen molar-refractivity contribution in [2.45, 2.75) is 31.8 Å². The van der Waals surface area contributed by atoms with Gasteiger partial charge in [0.15, 0.2) is 0 Å². The number of nitrogens with one attached hydrogen (secondary N) is 1. The van der Waals surface area contributed by atoms with Crippen LogP contribution in [0.3, 0.4) is 0 Å². The second kappa shape index (κ2) is 3.88. The summed E-state index contributed by atoms with van der Waals surface area (Å²) in [5.41, 5.74) is 1.16. The first kappa shape index (κ1) is 11.1. The third kappa shape index (κ3) is 1.59. The number of halogens is 1. The molecule has 0 aromatic heterocycles. The van der Waals surface area contributed by atoms with Crippen LogP contribution in [0, 0.1) is 23.7 Å². The third-order valence-corrected chi connectivity index (χ3v) is 5.59. The molecule has 3 fully saturated rings. The molecule has 18 heavy (non-hydrogen) atoms. The lowest BCUT2D eigenvalue weighted by molar-refractivity contribution is 0.456. The summed E-state index contributed by atoms with van der Waals surface area (Å²) in [5, 5.41) is 13.5. The number of fused-ring (bicyclic) bond motifs is 5. The van der Waals surface area contributed by atoms with E-state index in [1.54, 1.807) is 6.07 Å². The van der Waals surface area contributed by atoms with Gasteiger partial charge in [-0.3, -0.25) is 0 Å². The van der Waals surface area contributed by atoms with Crippen molar-refractivity contribution >= 4 is 11.6 Å². The Morgan fingerprint density at radius 2 is 1.94 bits per heavy atom. The van der Waals surface area contributed by atoms with Crippen LogP contribution in [0.2, 0.25) is 5.02 Å². The van der Waals surface area contributed by atoms with Gasteiger partial charge < -0.3 is 10.4 Å². The lowest BCUT2D eigenvalue weighted by atomic mass is 10.0. The molecule has 0 aliphatic heterocycles. The van der Waals surface area contributed by atoms with Crippen molar-refractivity contribution in [2.24, 2.45) is 23.7 Å². The van der Waals surface area contributed by atoms with Crippen LogP contribution < -0.4 is 5.32 Å². The number of benzene rings is 1. The molecule has 2 nitrogen and oxygen atoms in total. The summed E-state index contributed by atoms with van der Waals surface area (Å²) in [4.78, 5) is 0. The topological polar surface area (TPSA) is 32.3 Å². The smallest absolute Gasteiger partial charge is 0.134 e. The van der Waals surface area contributed by atoms with Crippen LogP contribution in [-0.2, 0) is 6.54 Å². The highest BCUT2D eigenvalue weighted by molar-refractivity contribution is 6.32. The lowest BCUT2D eigenvalue weighted by Crippen LogP contribution is -2.22. The van der Waals surface area contributed by atoms with Gasteiger partial charge in [-0.1, -0.05) is 17.7 Å². The van der Waals surface area contributed by atoms with Crippen molar-refractivity contribution in [3.05, 3.63) is 28.8 Å². The van der Waals surface area contributed by atoms with Crippen LogP contribution in [0.5, 0.6) is 5.75 Å². The molecule has 0 saturated heterocycles. The van der Waals surface area contributed by atoms with Crippen molar-refractivity contribution in [2.75, 3.05) is 0 Å². The van der Waals surface area contributed by atoms with Gasteiger partial charge in [-0.25, -0.2) is 0 Å². The predicted octanol–water partition coefficient (Wildman–Crippen LogP) is 3.18. The van der Waals surface area contributed by atoms with Gasteiger partial charge in [-0.15, -0.1) is 0 Å². The number of hydrogen-bond acceptors (Lipinski definition) is 2. The van der Waals surface area contributed by atoms with E-state index < -0.39 is 0 Å². The fourth-order valence-corrected chi connectivity index (χ4v) is 4.70. The molecular formula is C15H18ClNO. The Bertz CT molecular complexity index is 473. The molecule has 2 bridgehead atoms. The molecule has 0 radical (unpaired) electrons. The highest BCUT2D eigenvalue weighted by Gasteiger charge is 2.64. The molecule has 1 aromatic carbocycles. The van der Waals surface area contributed by atoms with E-state index in [4.69, 9.17) is 11.6 Å². The summed E-state index contributed by atoms with van der Waals surface area (Å²) < 4.78 is 0. The molecule has 3 aliphatic carbocycles. The second-order valence-electron chi connectivity index (χ2n) is 6.18. The molecular weight excluding hydrogens is 246 g/mol. The minimum atomic E-state index is 0.168. The molecule has 4 rings (SSSR count). The Labute approximate surface area is 112 Å². The molecule has 1 aromatic rings. The summed E-state index contributed by atoms with van der Waals surface area (Å²) in [6.07, 6.45) is 4.43. The van der Waals surface area contributed by atoms with Crippen molar-refractivity contribution in [1.82, 2.24) is 5.32 Å². The van der Waals surface area contributed by atoms with E-state index in [2.05, 4.69) is 5.32 Å². The van der Waals surface area contributed by atoms with Crippen molar-refractivity contribution in [1.29, 1.82) is 0 Å². The predicted molar refractivity (Wildman–Crippen MR) is 71.6 cm³/mol. The van der Waals surface area contributed by atoms with E-state index in [1.165, 1.54) is 19.3 Å². The Morgan fingerprint density at radius 3 is 2.61 bits per heavy atom. The maximum absolute atomic E-state index is 9.39. The van der Waals surface area contributed by atoms with Gasteiger partial charge in [-0.2, -0.15) is 0 Å². The molecule has 4 unspecified atom stereocenters. The average Bonchev–Trinajstić information content (AvgIpc) is 2.76. The van der Waals surface area contributed by atoms with E-state index in [0.29, 0.717) is 5.02 Å². The minimum Gasteiger partial charge on any atom is -0.506 e. The van der Waals surface area contributed by atoms with Gasteiger partial charge in [0.25, 0.3) is 0 Å². The van der Waals surface area contributed by atoms with Crippen LogP contribution >= 0.6 is 11.6 Å². The minimum absolute atomic E-state index is 0.168. The average molecular weight is 264 g/mol. The molecule has 3 saturated carbocycles. The normalized spacial score (nSPS) is 39.9. The molecule has 3 heteroatoms. The molecule has 0 heterocycles. The number of phenolic OH excluding ortho intramolecular Hbond substituents is 1. The Balaban J connectivity index is 1.39. The van der Waals surface area contributed by atoms with Crippen molar-refractivity contribution < 1.29 is 5.11 Å². The van der Waals surface area contributed by atoms with Crippen molar-refractivity contribution in [3.8, 4) is 5.75 Å². The number of phenols is 1. The summed E-state index contributed by atoms with van der Waals surface area (Å²) in [5.74, 6) is 4.14. The van der Waals surface area contributed by atoms with Crippen LogP contribution in [0.4, 0.5) is 0 Å². The van der Waals surface area contributed by atoms with Crippen LogP contribution in [-0.4, -0.2) is 11.1 Å². The summed E-state index contributed by atoms with van der Waals surface area (Å²) in [6.45, 7) is 0.872. The SMILES string of the molecule is Oc1ccc(CNC2C3C4CCC(C4)C23)cc1Cl. The van der Waals surface area contributed by atoms with E-state index in [9.17, 15) is 5.11 Å². The van der Waals surface area contributed by atoms with Crippen LogP contribution in [0.25, 0.3) is 0 Å². The molecule has 0 spiro atoms. The second-order valence-corrected chi connectivity index (χ2v) is 6.59. The number of aromatic hydroxyl groups is 1. The molecule has 0 amide bonds. The summed E-state index contributed by atoms with van der Waals surface area (Å²) in [6, 6.07) is 6.23. The van der Waals surface area contributed by atoms with Gasteiger partial charge in [-0.05, 0) is 60.6 Å². The molecule has 96 valence electrons. The van der Waals surface area contributed by atoms with Gasteiger partial charge >= 0.3 is 0 Å². The maximum atomic E-state index is 9.39. The van der Waals surface area contributed by atoms with E-state index in [1.807, 2.05) is 12.1 Å². The first-order valence-corrected chi connectivity index (χ1v) is 7.32. The largest absolute Gasteiger partial charge is 0.506 e. The zero-order valence-electron chi connectivity index (χ0n) is 10.3. The standard InChI is InChI=1S/C15H18ClNO/c16-11-5-8(1-4-12(11)18)7-17-15-13-9-2-3-10(6-9)14(13)15/h1,4-5,9-10,13-15,17-18H,2-3,6-7H2. The van der Waals surface area contributed by atoms with Crippen molar-refractivity contribution in [3.63, 3.8) is 0 Å². The lowest BCUT2D eigenvalue weighted by Gasteiger charge is -2.11. The molecule has 3 aliphatic rings. The maximum Gasteiger partial charge on any atom is 0.134 e. The van der Waals surface area contributed by atoms with Gasteiger partial charge in [0.2, 0.25) is 0 Å². The highest BCUT2D eigenvalue weighted by Crippen LogP contribution is 2.65. The first-order valence-electron chi connectivity index (χ1n) is 6.95. The first-order chi connectivity index (χ1) is 8.74. The summed E-state index contributed by atoms with van der Waals surface area (Å²) >= 11 is 5.92. The van der Waals surface area contributed by atoms with E-state index in [-0.39, 0.29) is 5.75 Å². The van der Waals surface area contributed by atoms with Crippen LogP contribution in [0.1, 0.15) is 24.8 Å². The Hall–Kier alpha value is -0.730. The fraction of sp³-hybridized carbons (Fsp3) is 0.600. The number of hydrogen-bond donors (Lipinski definition) is 2. The van der Waals surface area contributed by atoms with E-state index in [0.717, 1.165) is 41.8 Å². The zero-order valence-corrected chi connectivity index (χ0v) is 11.0. The Kier molecular flexibility index (Phi) is 2.40. The van der Waals surface area contributed by atoms with Crippen LogP contribution in [0.15, 0.2) is 18.2 Å². The summed E-state index contributed by atoms with van der Waals surface area (Å²) in [7, 11) is 0. The Morgan fingerprint density at radius 1 is 1.22 bits per heavy atom. The molecule has 4 atom stereocenters. The third-order valence-electron chi connectivity index (χ3n) is 5.29. The van der Waals surface area contributed by atoms with Gasteiger partial charge in [0.05, 0.1) is 5.02 Å². The van der Waals surface area contributed by atoms with Gasteiger partial charge in [0.1, 0.15) is 5.75 Å². The van der Waals surface area contributed by atoms with E-state index >= 15 is 0 Å². The number of rotatable bonds is 3. The molecule has 2 N–H and O–H groups in total. The highest BCUT2D eigenvalue weighted by atomic mass is 35.5. The zero-order chi connectivity index (χ0) is 12.3.